The summed E-state index contributed by atoms with van der Waals surface area (Å²) in [6.07, 6.45) is -20.6. The molecule has 2 fully saturated rings. The minimum atomic E-state index is -2.57. The quantitative estimate of drug-likeness (QED) is 0.317. The maximum Gasteiger partial charge on any atom is 0.251 e. The summed E-state index contributed by atoms with van der Waals surface area (Å²) < 4.78 is 121. The molecule has 2 aromatic carbocycles. The normalized spacial score (nSPS) is 36.8. The molecular weight excluding hydrogens is 656 g/mol. The van der Waals surface area contributed by atoms with Crippen LogP contribution in [0.15, 0.2) is 48.5 Å². The van der Waals surface area contributed by atoms with Gasteiger partial charge in [0.05, 0.1) is 0 Å². The van der Waals surface area contributed by atoms with Gasteiger partial charge in [-0.2, -0.15) is 0 Å². The van der Waals surface area contributed by atoms with Crippen molar-refractivity contribution in [3.63, 3.8) is 0 Å². The van der Waals surface area contributed by atoms with Crippen LogP contribution < -0.4 is 21.3 Å². The molecule has 8 bridgehead atoms. The van der Waals surface area contributed by atoms with E-state index in [1.165, 1.54) is 36.4 Å². The zero-order valence-electron chi connectivity index (χ0n) is 25.0. The summed E-state index contributed by atoms with van der Waals surface area (Å²) in [4.78, 5) is 51.0. The van der Waals surface area contributed by atoms with Gasteiger partial charge in [-0.05, 0) is 36.4 Å². The SMILES string of the molecule is O=C1NCC2C(F)C(F)C(CNC(=O)c3cccc(c3)C(=O)NCC3[C@@H](F)[C@@H](F)C(CNC(=O)c4cccc1c4)[C@@H](F)[C@H]3F)[C@@H](F)C2F. The van der Waals surface area contributed by atoms with E-state index in [2.05, 4.69) is 21.3 Å². The number of rotatable bonds is 0. The summed E-state index contributed by atoms with van der Waals surface area (Å²) in [7, 11) is 0. The summed E-state index contributed by atoms with van der Waals surface area (Å²) in [5, 5.41) is 8.73. The van der Waals surface area contributed by atoms with Crippen LogP contribution in [-0.2, 0) is 0 Å². The molecular formula is C32H32F8N4O4. The molecule has 2 aliphatic carbocycles. The molecule has 7 unspecified atom stereocenters. The van der Waals surface area contributed by atoms with Crippen molar-refractivity contribution in [1.29, 1.82) is 0 Å². The van der Waals surface area contributed by atoms with Crippen molar-refractivity contribution in [2.75, 3.05) is 26.2 Å². The Hall–Kier alpha value is -4.24. The van der Waals surface area contributed by atoms with Crippen molar-refractivity contribution in [2.45, 2.75) is 49.4 Å². The molecule has 4 N–H and O–H groups in total. The Balaban J connectivity index is 1.41. The van der Waals surface area contributed by atoms with E-state index in [-0.39, 0.29) is 22.3 Å². The molecule has 16 heteroatoms. The molecule has 6 aliphatic rings. The summed E-state index contributed by atoms with van der Waals surface area (Å²) >= 11 is 0. The fourth-order valence-electron chi connectivity index (χ4n) is 6.35. The average molecular weight is 689 g/mol. The zero-order chi connectivity index (χ0) is 34.9. The average Bonchev–Trinajstić information content (AvgIpc) is 3.09. The zero-order valence-corrected chi connectivity index (χ0v) is 25.0. The fraction of sp³-hybridized carbons (Fsp3) is 0.500. The first-order valence-corrected chi connectivity index (χ1v) is 15.3. The second-order valence-electron chi connectivity index (χ2n) is 12.2. The summed E-state index contributed by atoms with van der Waals surface area (Å²) in [5.74, 6) is -11.6. The van der Waals surface area contributed by atoms with Crippen LogP contribution in [0.25, 0.3) is 0 Å². The number of amides is 4. The monoisotopic (exact) mass is 688 g/mol. The third kappa shape index (κ3) is 6.97. The van der Waals surface area contributed by atoms with Crippen LogP contribution in [0, 0.1) is 23.7 Å². The molecule has 8 rings (SSSR count). The van der Waals surface area contributed by atoms with Crippen LogP contribution in [-0.4, -0.2) is 99.2 Å². The van der Waals surface area contributed by atoms with Gasteiger partial charge in [0.1, 0.15) is 49.4 Å². The molecule has 4 amide bonds. The van der Waals surface area contributed by atoms with Crippen LogP contribution in [0.5, 0.6) is 0 Å². The number of hydrogen-bond donors (Lipinski definition) is 4. The largest absolute Gasteiger partial charge is 0.352 e. The summed E-state index contributed by atoms with van der Waals surface area (Å²) in [5.41, 5.74) is -0.867. The second-order valence-corrected chi connectivity index (χ2v) is 12.2. The van der Waals surface area contributed by atoms with E-state index in [1.54, 1.807) is 0 Å². The number of halogens is 8. The van der Waals surface area contributed by atoms with E-state index >= 15 is 35.1 Å². The highest BCUT2D eigenvalue weighted by Crippen LogP contribution is 2.39. The van der Waals surface area contributed by atoms with Gasteiger partial charge in [-0.3, -0.25) is 19.2 Å². The van der Waals surface area contributed by atoms with Gasteiger partial charge < -0.3 is 21.3 Å². The third-order valence-corrected chi connectivity index (χ3v) is 9.26. The van der Waals surface area contributed by atoms with Crippen LogP contribution in [0.3, 0.4) is 0 Å². The van der Waals surface area contributed by atoms with E-state index in [9.17, 15) is 19.2 Å². The van der Waals surface area contributed by atoms with Crippen LogP contribution in [0.2, 0.25) is 0 Å². The van der Waals surface area contributed by atoms with Crippen molar-refractivity contribution >= 4 is 23.6 Å². The molecule has 8 nitrogen and oxygen atoms in total. The number of carbonyl (C=O) groups is 4. The molecule has 0 aromatic heterocycles. The lowest BCUT2D eigenvalue weighted by molar-refractivity contribution is -0.0752. The lowest BCUT2D eigenvalue weighted by Gasteiger charge is -2.40. The van der Waals surface area contributed by atoms with Crippen molar-refractivity contribution in [3.8, 4) is 0 Å². The first kappa shape index (κ1) is 35.1. The predicted molar refractivity (Wildman–Crippen MR) is 155 cm³/mol. The van der Waals surface area contributed by atoms with Gasteiger partial charge in [-0.1, -0.05) is 12.1 Å². The van der Waals surface area contributed by atoms with Gasteiger partial charge in [0, 0.05) is 72.1 Å². The Morgan fingerprint density at radius 3 is 0.750 bits per heavy atom. The van der Waals surface area contributed by atoms with Crippen LogP contribution in [0.1, 0.15) is 41.4 Å². The highest BCUT2D eigenvalue weighted by atomic mass is 19.2. The highest BCUT2D eigenvalue weighted by Gasteiger charge is 2.54. The highest BCUT2D eigenvalue weighted by molar-refractivity contribution is 6.00. The Morgan fingerprint density at radius 2 is 0.562 bits per heavy atom. The maximum absolute atomic E-state index is 15.1. The van der Waals surface area contributed by atoms with E-state index in [1.807, 2.05) is 0 Å². The smallest absolute Gasteiger partial charge is 0.251 e. The third-order valence-electron chi connectivity index (χ3n) is 9.26. The molecule has 4 heterocycles. The van der Waals surface area contributed by atoms with E-state index in [0.717, 1.165) is 12.1 Å². The van der Waals surface area contributed by atoms with E-state index < -0.39 is 123 Å². The molecule has 0 saturated heterocycles. The van der Waals surface area contributed by atoms with Gasteiger partial charge in [-0.25, -0.2) is 35.1 Å². The van der Waals surface area contributed by atoms with Crippen molar-refractivity contribution < 1.29 is 54.3 Å². The van der Waals surface area contributed by atoms with E-state index in [0.29, 0.717) is 0 Å². The van der Waals surface area contributed by atoms with Crippen molar-refractivity contribution in [1.82, 2.24) is 21.3 Å². The Bertz CT molecular complexity index is 1290. The van der Waals surface area contributed by atoms with Gasteiger partial charge in [0.15, 0.2) is 0 Å². The number of nitrogens with one attached hydrogen (secondary N) is 4. The Kier molecular flexibility index (Phi) is 10.6. The van der Waals surface area contributed by atoms with Gasteiger partial charge >= 0.3 is 0 Å². The molecule has 0 radical (unpaired) electrons. The molecule has 4 aliphatic heterocycles. The Labute approximate surface area is 269 Å². The summed E-state index contributed by atoms with van der Waals surface area (Å²) in [6.45, 7) is -3.33. The predicted octanol–water partition coefficient (Wildman–Crippen LogP) is 3.52. The first-order chi connectivity index (χ1) is 22.8. The molecule has 2 saturated carbocycles. The Morgan fingerprint density at radius 1 is 0.375 bits per heavy atom. The van der Waals surface area contributed by atoms with Gasteiger partial charge in [-0.15, -0.1) is 0 Å². The van der Waals surface area contributed by atoms with Crippen LogP contribution in [0.4, 0.5) is 35.1 Å². The first-order valence-electron chi connectivity index (χ1n) is 15.3. The summed E-state index contributed by atoms with van der Waals surface area (Å²) in [6, 6.07) is 9.37. The van der Waals surface area contributed by atoms with Gasteiger partial charge in [0.25, 0.3) is 23.6 Å². The maximum atomic E-state index is 15.1. The minimum absolute atomic E-state index is 0.217. The number of benzene rings is 2. The van der Waals surface area contributed by atoms with Crippen molar-refractivity contribution in [3.05, 3.63) is 70.8 Å². The van der Waals surface area contributed by atoms with Gasteiger partial charge in [0.2, 0.25) is 0 Å². The number of carbonyl (C=O) groups excluding carboxylic acids is 4. The van der Waals surface area contributed by atoms with Crippen molar-refractivity contribution in [2.24, 2.45) is 23.7 Å². The topological polar surface area (TPSA) is 116 Å². The fourth-order valence-corrected chi connectivity index (χ4v) is 6.35. The molecule has 2 aromatic rings. The van der Waals surface area contributed by atoms with Crippen LogP contribution >= 0.6 is 0 Å². The molecule has 48 heavy (non-hydrogen) atoms. The van der Waals surface area contributed by atoms with E-state index in [4.69, 9.17) is 0 Å². The minimum Gasteiger partial charge on any atom is -0.352 e. The lowest BCUT2D eigenvalue weighted by atomic mass is 9.76. The lowest BCUT2D eigenvalue weighted by Crippen LogP contribution is -2.57. The number of alkyl halides is 8. The molecule has 260 valence electrons. The number of hydrogen-bond acceptors (Lipinski definition) is 4. The standard InChI is InChI=1S/C32H32F8N4O4/c33-21-17-9-41-29(45)13-3-1-4-14(7-13)30(46)42-10-18-23(35)27(39)20(28(40)24(18)36)12-44-32(48)16-6-2-5-15(8-16)31(47)43-11-19(25(21)37)26(38)22(17)34/h1-8,17-28H,9-12H2,(H,41,45)(H,42,46)(H,43,47)(H,44,48)/t17?,18?,19?,20?,21-,22+,23-,24?,25+,26-,27?,28?/m1/s1. The second kappa shape index (κ2) is 14.5. The molecule has 12 atom stereocenters. The molecule has 0 spiro atoms.